The van der Waals surface area contributed by atoms with Crippen LogP contribution in [0.3, 0.4) is 0 Å². The second-order valence-corrected chi connectivity index (χ2v) is 10.1. The minimum absolute atomic E-state index is 0.425. The Morgan fingerprint density at radius 3 is 2.40 bits per heavy atom. The maximum absolute atomic E-state index is 4.77. The van der Waals surface area contributed by atoms with Gasteiger partial charge in [0.2, 0.25) is 0 Å². The summed E-state index contributed by atoms with van der Waals surface area (Å²) in [4.78, 5) is 0. The first-order valence-corrected chi connectivity index (χ1v) is 11.5. The predicted octanol–water partition coefficient (Wildman–Crippen LogP) is 7.47. The van der Waals surface area contributed by atoms with Crippen LogP contribution in [0, 0.1) is 34.5 Å². The van der Waals surface area contributed by atoms with E-state index in [0.29, 0.717) is 16.1 Å². The maximum Gasteiger partial charge on any atom is 0.0203 e. The van der Waals surface area contributed by atoms with Crippen molar-refractivity contribution >= 4 is 12.6 Å². The third kappa shape index (κ3) is 2.88. The second kappa shape index (κ2) is 7.10. The Morgan fingerprint density at radius 1 is 1.00 bits per heavy atom. The molecule has 25 heavy (non-hydrogen) atoms. The fraction of sp³-hybridized carbons (Fsp3) is 0.833. The molecule has 4 aliphatic rings. The van der Waals surface area contributed by atoms with Gasteiger partial charge in [-0.15, -0.1) is 0 Å². The van der Waals surface area contributed by atoms with Gasteiger partial charge in [0.25, 0.3) is 0 Å². The van der Waals surface area contributed by atoms with Gasteiger partial charge in [-0.25, -0.2) is 0 Å². The summed E-state index contributed by atoms with van der Waals surface area (Å²) in [7, 11) is 0. The number of hydrogen-bond donors (Lipinski definition) is 1. The van der Waals surface area contributed by atoms with Crippen molar-refractivity contribution in [2.24, 2.45) is 34.5 Å². The summed E-state index contributed by atoms with van der Waals surface area (Å²) in [6, 6.07) is 0. The predicted molar refractivity (Wildman–Crippen MR) is 114 cm³/mol. The fourth-order valence-electron chi connectivity index (χ4n) is 7.34. The summed E-state index contributed by atoms with van der Waals surface area (Å²) in [5, 5.41) is 0.475. The van der Waals surface area contributed by atoms with Crippen molar-refractivity contribution in [3.05, 3.63) is 23.3 Å². The molecule has 0 heterocycles. The summed E-state index contributed by atoms with van der Waals surface area (Å²) in [5.74, 6) is 3.63. The molecule has 4 aliphatic carbocycles. The highest BCUT2D eigenvalue weighted by Gasteiger charge is 2.57. The molecule has 7 unspecified atom stereocenters. The van der Waals surface area contributed by atoms with Crippen LogP contribution < -0.4 is 0 Å². The quantitative estimate of drug-likeness (QED) is 0.461. The lowest BCUT2D eigenvalue weighted by atomic mass is 9.47. The lowest BCUT2D eigenvalue weighted by Crippen LogP contribution is -2.49. The fourth-order valence-corrected chi connectivity index (χ4v) is 7.62. The van der Waals surface area contributed by atoms with Crippen molar-refractivity contribution in [2.75, 3.05) is 0 Å². The molecule has 2 saturated carbocycles. The summed E-state index contributed by atoms with van der Waals surface area (Å²) < 4.78 is 0. The third-order valence-electron chi connectivity index (χ3n) is 8.64. The maximum atomic E-state index is 4.77. The number of rotatable bonds is 1. The molecule has 4 rings (SSSR count). The van der Waals surface area contributed by atoms with Crippen molar-refractivity contribution in [3.8, 4) is 0 Å². The Hall–Kier alpha value is -0.170. The molecule has 0 saturated heterocycles. The Balaban J connectivity index is 0.000000880. The zero-order valence-corrected chi connectivity index (χ0v) is 18.3. The first-order chi connectivity index (χ1) is 11.9. The Kier molecular flexibility index (Phi) is 5.56. The molecule has 0 aromatic carbocycles. The van der Waals surface area contributed by atoms with E-state index in [0.717, 1.165) is 23.7 Å². The van der Waals surface area contributed by atoms with Gasteiger partial charge in [-0.05, 0) is 85.5 Å². The van der Waals surface area contributed by atoms with Gasteiger partial charge in [0.1, 0.15) is 0 Å². The standard InChI is InChI=1S/C22H34S.C2H6/c1-5-15-6-7-18-17-12-14(2)20-13-16(23)8-10-22(20,4)19(17)9-11-21(15,18)3;1-2/h12-13,15-19,23H,5-11H2,1-4H3;1-2H3. The van der Waals surface area contributed by atoms with E-state index in [1.54, 1.807) is 11.1 Å². The van der Waals surface area contributed by atoms with Crippen molar-refractivity contribution in [1.82, 2.24) is 0 Å². The van der Waals surface area contributed by atoms with Crippen LogP contribution in [0.2, 0.25) is 0 Å². The lowest BCUT2D eigenvalue weighted by molar-refractivity contribution is -0.0165. The molecule has 0 amide bonds. The van der Waals surface area contributed by atoms with Gasteiger partial charge in [0, 0.05) is 5.25 Å². The van der Waals surface area contributed by atoms with Crippen molar-refractivity contribution in [1.29, 1.82) is 0 Å². The molecule has 0 aromatic rings. The van der Waals surface area contributed by atoms with Crippen LogP contribution in [0.5, 0.6) is 0 Å². The van der Waals surface area contributed by atoms with Gasteiger partial charge in [-0.2, -0.15) is 12.6 Å². The van der Waals surface area contributed by atoms with E-state index in [2.05, 4.69) is 39.8 Å². The second-order valence-electron chi connectivity index (χ2n) is 9.47. The van der Waals surface area contributed by atoms with E-state index in [-0.39, 0.29) is 0 Å². The zero-order chi connectivity index (χ0) is 18.4. The normalized spacial score (nSPS) is 48.2. The number of hydrogen-bond acceptors (Lipinski definition) is 1. The molecule has 0 N–H and O–H groups in total. The lowest BCUT2D eigenvalue weighted by Gasteiger charge is -2.57. The highest BCUT2D eigenvalue weighted by Crippen LogP contribution is 2.66. The van der Waals surface area contributed by atoms with Gasteiger partial charge in [-0.3, -0.25) is 0 Å². The average molecular weight is 361 g/mol. The van der Waals surface area contributed by atoms with Crippen LogP contribution in [-0.2, 0) is 0 Å². The van der Waals surface area contributed by atoms with Crippen LogP contribution in [0.1, 0.15) is 86.5 Å². The number of thiol groups is 1. The summed E-state index contributed by atoms with van der Waals surface area (Å²) >= 11 is 4.77. The SMILES string of the molecule is CC.CCC1CCC2C3C=C(C)C4=CC(S)CCC4(C)C3CCC12C. The molecule has 142 valence electrons. The average Bonchev–Trinajstić information content (AvgIpc) is 2.95. The minimum Gasteiger partial charge on any atom is -0.172 e. The van der Waals surface area contributed by atoms with Crippen LogP contribution in [-0.4, -0.2) is 5.25 Å². The van der Waals surface area contributed by atoms with Crippen LogP contribution in [0.4, 0.5) is 0 Å². The van der Waals surface area contributed by atoms with E-state index in [1.807, 2.05) is 13.8 Å². The third-order valence-corrected chi connectivity index (χ3v) is 9.05. The Bertz CT molecular complexity index is 558. The Labute approximate surface area is 162 Å². The topological polar surface area (TPSA) is 0 Å². The van der Waals surface area contributed by atoms with Crippen molar-refractivity contribution < 1.29 is 0 Å². The van der Waals surface area contributed by atoms with Crippen LogP contribution in [0.15, 0.2) is 23.3 Å². The molecule has 2 fully saturated rings. The largest absolute Gasteiger partial charge is 0.172 e. The van der Waals surface area contributed by atoms with Crippen LogP contribution in [0.25, 0.3) is 0 Å². The monoisotopic (exact) mass is 360 g/mol. The Morgan fingerprint density at radius 2 is 1.72 bits per heavy atom. The van der Waals surface area contributed by atoms with E-state index < -0.39 is 0 Å². The van der Waals surface area contributed by atoms with Gasteiger partial charge >= 0.3 is 0 Å². The van der Waals surface area contributed by atoms with E-state index in [9.17, 15) is 0 Å². The molecule has 0 spiro atoms. The first kappa shape index (κ1) is 19.6. The molecule has 0 nitrogen and oxygen atoms in total. The molecule has 0 bridgehead atoms. The van der Waals surface area contributed by atoms with Crippen molar-refractivity contribution in [3.63, 3.8) is 0 Å². The molecule has 7 atom stereocenters. The van der Waals surface area contributed by atoms with E-state index in [4.69, 9.17) is 12.6 Å². The van der Waals surface area contributed by atoms with Gasteiger partial charge in [-0.1, -0.05) is 58.8 Å². The molecule has 0 aromatic heterocycles. The van der Waals surface area contributed by atoms with E-state index >= 15 is 0 Å². The van der Waals surface area contributed by atoms with Gasteiger partial charge in [0.05, 0.1) is 0 Å². The minimum atomic E-state index is 0.425. The molecular formula is C24H40S. The highest BCUT2D eigenvalue weighted by molar-refractivity contribution is 7.81. The smallest absolute Gasteiger partial charge is 0.0203 e. The molecule has 1 heteroatoms. The first-order valence-electron chi connectivity index (χ1n) is 11.0. The van der Waals surface area contributed by atoms with Gasteiger partial charge in [0.15, 0.2) is 0 Å². The summed E-state index contributed by atoms with van der Waals surface area (Å²) in [6.45, 7) is 14.0. The zero-order valence-electron chi connectivity index (χ0n) is 17.4. The number of fused-ring (bicyclic) bond motifs is 5. The van der Waals surface area contributed by atoms with E-state index in [1.165, 1.54) is 44.9 Å². The summed E-state index contributed by atoms with van der Waals surface area (Å²) in [5.41, 5.74) is 4.27. The number of allylic oxidation sites excluding steroid dienone is 3. The molecular weight excluding hydrogens is 320 g/mol. The molecule has 0 radical (unpaired) electrons. The molecule has 0 aliphatic heterocycles. The van der Waals surface area contributed by atoms with Crippen LogP contribution >= 0.6 is 12.6 Å². The highest BCUT2D eigenvalue weighted by atomic mass is 32.1. The van der Waals surface area contributed by atoms with Crippen molar-refractivity contribution in [2.45, 2.75) is 91.7 Å². The summed E-state index contributed by atoms with van der Waals surface area (Å²) in [6.07, 6.45) is 15.1. The van der Waals surface area contributed by atoms with Gasteiger partial charge < -0.3 is 0 Å².